The van der Waals surface area contributed by atoms with Gasteiger partial charge in [0.05, 0.1) is 6.61 Å². The monoisotopic (exact) mass is 615 g/mol. The molecule has 0 saturated carbocycles. The number of hydrogen-bond donors (Lipinski definition) is 1. The SMILES string of the molecule is CC(C)[C@H](OP(=O)(OCc1ccccc1)[C@H](Cc1ccccc1)NC(=O)OCc1ccccc1)C(=O)OCc1ccccc1. The molecule has 44 heavy (non-hydrogen) atoms. The van der Waals surface area contributed by atoms with Gasteiger partial charge in [0.2, 0.25) is 0 Å². The predicted octanol–water partition coefficient (Wildman–Crippen LogP) is 7.68. The summed E-state index contributed by atoms with van der Waals surface area (Å²) in [4.78, 5) is 26.4. The van der Waals surface area contributed by atoms with Crippen molar-refractivity contribution in [1.29, 1.82) is 0 Å². The number of hydrogen-bond acceptors (Lipinski definition) is 7. The lowest BCUT2D eigenvalue weighted by molar-refractivity contribution is -0.156. The Bertz CT molecular complexity index is 1490. The molecular formula is C35H38NO7P. The molecule has 0 aliphatic rings. The van der Waals surface area contributed by atoms with Crippen molar-refractivity contribution in [3.63, 3.8) is 0 Å². The van der Waals surface area contributed by atoms with E-state index < -0.39 is 37.5 Å². The number of amides is 1. The summed E-state index contributed by atoms with van der Waals surface area (Å²) in [7, 11) is -4.28. The minimum Gasteiger partial charge on any atom is -0.459 e. The highest BCUT2D eigenvalue weighted by Crippen LogP contribution is 2.55. The Hall–Kier alpha value is -4.23. The first-order valence-electron chi connectivity index (χ1n) is 14.5. The number of rotatable bonds is 15. The summed E-state index contributed by atoms with van der Waals surface area (Å²) < 4.78 is 38.1. The molecule has 4 aromatic rings. The van der Waals surface area contributed by atoms with Crippen molar-refractivity contribution >= 4 is 19.7 Å². The van der Waals surface area contributed by atoms with Gasteiger partial charge in [0, 0.05) is 6.42 Å². The highest BCUT2D eigenvalue weighted by atomic mass is 31.2. The minimum absolute atomic E-state index is 0.0151. The van der Waals surface area contributed by atoms with Crippen LogP contribution in [-0.2, 0) is 54.1 Å². The Labute approximate surface area is 258 Å². The summed E-state index contributed by atoms with van der Waals surface area (Å²) in [6.45, 7) is 3.50. The molecule has 0 aliphatic heterocycles. The maximum absolute atomic E-state index is 14.9. The summed E-state index contributed by atoms with van der Waals surface area (Å²) in [6, 6.07) is 36.9. The van der Waals surface area contributed by atoms with Gasteiger partial charge < -0.3 is 19.3 Å². The van der Waals surface area contributed by atoms with Gasteiger partial charge in [0.15, 0.2) is 6.10 Å². The van der Waals surface area contributed by atoms with Crippen LogP contribution in [0.2, 0.25) is 0 Å². The van der Waals surface area contributed by atoms with Gasteiger partial charge in [-0.05, 0) is 28.2 Å². The Kier molecular flexibility index (Phi) is 12.3. The minimum atomic E-state index is -4.28. The molecule has 0 saturated heterocycles. The average molecular weight is 616 g/mol. The zero-order valence-electron chi connectivity index (χ0n) is 24.9. The van der Waals surface area contributed by atoms with Gasteiger partial charge in [-0.2, -0.15) is 0 Å². The van der Waals surface area contributed by atoms with Crippen LogP contribution in [0.1, 0.15) is 36.1 Å². The molecule has 3 atom stereocenters. The third-order valence-corrected chi connectivity index (χ3v) is 8.81. The summed E-state index contributed by atoms with van der Waals surface area (Å²) in [5, 5.41) is 2.73. The molecule has 0 aliphatic carbocycles. The van der Waals surface area contributed by atoms with Crippen molar-refractivity contribution in [2.45, 2.75) is 52.0 Å². The molecule has 1 unspecified atom stereocenters. The van der Waals surface area contributed by atoms with Gasteiger partial charge in [-0.25, -0.2) is 9.59 Å². The van der Waals surface area contributed by atoms with E-state index >= 15 is 0 Å². The van der Waals surface area contributed by atoms with E-state index in [0.29, 0.717) is 0 Å². The van der Waals surface area contributed by atoms with E-state index in [1.807, 2.05) is 121 Å². The fourth-order valence-corrected chi connectivity index (χ4v) is 6.38. The van der Waals surface area contributed by atoms with Crippen molar-refractivity contribution in [1.82, 2.24) is 5.32 Å². The maximum atomic E-state index is 14.9. The van der Waals surface area contributed by atoms with Gasteiger partial charge >= 0.3 is 19.7 Å². The second-order valence-corrected chi connectivity index (χ2v) is 12.7. The van der Waals surface area contributed by atoms with E-state index in [4.69, 9.17) is 18.5 Å². The second kappa shape index (κ2) is 16.6. The number of carbonyl (C=O) groups is 2. The molecule has 8 nitrogen and oxygen atoms in total. The first-order chi connectivity index (χ1) is 21.3. The van der Waals surface area contributed by atoms with E-state index in [-0.39, 0.29) is 26.2 Å². The zero-order valence-corrected chi connectivity index (χ0v) is 25.8. The first-order valence-corrected chi connectivity index (χ1v) is 16.1. The van der Waals surface area contributed by atoms with Crippen molar-refractivity contribution in [2.24, 2.45) is 5.92 Å². The van der Waals surface area contributed by atoms with E-state index in [1.54, 1.807) is 13.8 Å². The first kappa shape index (κ1) is 32.7. The van der Waals surface area contributed by atoms with Crippen LogP contribution in [0.25, 0.3) is 0 Å². The van der Waals surface area contributed by atoms with Gasteiger partial charge in [-0.3, -0.25) is 9.09 Å². The molecule has 9 heteroatoms. The van der Waals surface area contributed by atoms with Crippen molar-refractivity contribution in [3.05, 3.63) is 144 Å². The fraction of sp³-hybridized carbons (Fsp3) is 0.257. The van der Waals surface area contributed by atoms with Crippen LogP contribution in [0.5, 0.6) is 0 Å². The molecule has 1 N–H and O–H groups in total. The van der Waals surface area contributed by atoms with Crippen LogP contribution in [0.15, 0.2) is 121 Å². The normalized spacial score (nSPS) is 13.8. The van der Waals surface area contributed by atoms with Crippen molar-refractivity contribution in [2.75, 3.05) is 0 Å². The smallest absolute Gasteiger partial charge is 0.408 e. The fourth-order valence-electron chi connectivity index (χ4n) is 4.32. The highest BCUT2D eigenvalue weighted by Gasteiger charge is 2.43. The average Bonchev–Trinajstić information content (AvgIpc) is 3.06. The van der Waals surface area contributed by atoms with Crippen LogP contribution in [-0.4, -0.2) is 23.9 Å². The van der Waals surface area contributed by atoms with Gasteiger partial charge in [-0.15, -0.1) is 0 Å². The molecule has 0 fully saturated rings. The molecule has 1 amide bonds. The van der Waals surface area contributed by atoms with Crippen LogP contribution < -0.4 is 5.32 Å². The molecule has 4 rings (SSSR count). The van der Waals surface area contributed by atoms with E-state index in [0.717, 1.165) is 22.3 Å². The zero-order chi connectivity index (χ0) is 31.2. The highest BCUT2D eigenvalue weighted by molar-refractivity contribution is 7.54. The molecule has 4 aromatic carbocycles. The molecule has 0 heterocycles. The summed E-state index contributed by atoms with van der Waals surface area (Å²) >= 11 is 0. The van der Waals surface area contributed by atoms with Gasteiger partial charge in [0.1, 0.15) is 19.0 Å². The van der Waals surface area contributed by atoms with Crippen LogP contribution >= 0.6 is 7.60 Å². The Balaban J connectivity index is 1.60. The lowest BCUT2D eigenvalue weighted by atomic mass is 10.1. The molecule has 0 aromatic heterocycles. The predicted molar refractivity (Wildman–Crippen MR) is 168 cm³/mol. The summed E-state index contributed by atoms with van der Waals surface area (Å²) in [5.74, 6) is -2.29. The number of ether oxygens (including phenoxy) is 2. The van der Waals surface area contributed by atoms with Crippen LogP contribution in [0.4, 0.5) is 4.79 Å². The van der Waals surface area contributed by atoms with E-state index in [1.165, 1.54) is 0 Å². The van der Waals surface area contributed by atoms with Gasteiger partial charge in [-0.1, -0.05) is 135 Å². The van der Waals surface area contributed by atoms with Crippen LogP contribution in [0, 0.1) is 5.92 Å². The molecule has 230 valence electrons. The molecular weight excluding hydrogens is 577 g/mol. The van der Waals surface area contributed by atoms with Crippen LogP contribution in [0.3, 0.4) is 0 Å². The topological polar surface area (TPSA) is 100 Å². The van der Waals surface area contributed by atoms with Crippen molar-refractivity contribution < 1.29 is 32.7 Å². The third kappa shape index (κ3) is 10.2. The number of carbonyl (C=O) groups excluding carboxylic acids is 2. The van der Waals surface area contributed by atoms with E-state index in [2.05, 4.69) is 5.32 Å². The van der Waals surface area contributed by atoms with Gasteiger partial charge in [0.25, 0.3) is 0 Å². The molecule has 0 spiro atoms. The lowest BCUT2D eigenvalue weighted by Gasteiger charge is -2.31. The number of benzene rings is 4. The number of nitrogens with one attached hydrogen (secondary N) is 1. The third-order valence-electron chi connectivity index (χ3n) is 6.73. The number of alkyl carbamates (subject to hydrolysis) is 1. The maximum Gasteiger partial charge on any atom is 0.408 e. The summed E-state index contributed by atoms with van der Waals surface area (Å²) in [5.41, 5.74) is 3.12. The second-order valence-electron chi connectivity index (χ2n) is 10.6. The largest absolute Gasteiger partial charge is 0.459 e. The quantitative estimate of drug-likeness (QED) is 0.108. The summed E-state index contributed by atoms with van der Waals surface area (Å²) in [6.07, 6.45) is -1.94. The van der Waals surface area contributed by atoms with Crippen molar-refractivity contribution in [3.8, 4) is 0 Å². The lowest BCUT2D eigenvalue weighted by Crippen LogP contribution is -2.40. The van der Waals surface area contributed by atoms with E-state index in [9.17, 15) is 14.2 Å². The molecule has 0 bridgehead atoms. The Morgan fingerprint density at radius 1 is 0.636 bits per heavy atom. The standard InChI is InChI=1S/C35H38NO7P/c1-27(2)33(34(37)40-24-29-17-9-4-10-18-29)43-44(39,42-26-31-21-13-6-14-22-31)32(23-28-15-7-3-8-16-28)36-35(38)41-25-30-19-11-5-12-20-30/h3-22,27,32-33H,23-26H2,1-2H3,(H,36,38)/t32-,33+,44?/m1/s1. The molecule has 0 radical (unpaired) electrons. The Morgan fingerprint density at radius 2 is 1.07 bits per heavy atom. The Morgan fingerprint density at radius 3 is 1.55 bits per heavy atom. The number of esters is 1.